The lowest BCUT2D eigenvalue weighted by Gasteiger charge is -2.27. The topological polar surface area (TPSA) is 77.7 Å². The maximum absolute atomic E-state index is 5.45. The molecule has 0 atom stereocenters. The highest BCUT2D eigenvalue weighted by molar-refractivity contribution is 5.73. The minimum absolute atomic E-state index is 0.614. The maximum atomic E-state index is 5.45. The van der Waals surface area contributed by atoms with E-state index in [4.69, 9.17) is 14.5 Å². The Morgan fingerprint density at radius 1 is 1.11 bits per heavy atom. The SMILES string of the molecule is CC.COCCc1ncc(-c2c(C)nc3c(N4CCOCC4)nccn23)cn1. The van der Waals surface area contributed by atoms with Gasteiger partial charge in [-0.25, -0.2) is 19.9 Å². The Morgan fingerprint density at radius 2 is 1.82 bits per heavy atom. The third-order valence-corrected chi connectivity index (χ3v) is 4.52. The predicted molar refractivity (Wildman–Crippen MR) is 109 cm³/mol. The van der Waals surface area contributed by atoms with Gasteiger partial charge < -0.3 is 14.4 Å². The largest absolute Gasteiger partial charge is 0.384 e. The van der Waals surface area contributed by atoms with Gasteiger partial charge >= 0.3 is 0 Å². The van der Waals surface area contributed by atoms with Crippen LogP contribution in [0.25, 0.3) is 16.9 Å². The molecule has 0 unspecified atom stereocenters. The van der Waals surface area contributed by atoms with Crippen molar-refractivity contribution < 1.29 is 9.47 Å². The fourth-order valence-corrected chi connectivity index (χ4v) is 3.22. The average molecular weight is 384 g/mol. The average Bonchev–Trinajstić information content (AvgIpc) is 3.10. The summed E-state index contributed by atoms with van der Waals surface area (Å²) in [5.41, 5.74) is 3.72. The van der Waals surface area contributed by atoms with E-state index in [-0.39, 0.29) is 0 Å². The lowest BCUT2D eigenvalue weighted by atomic mass is 10.2. The number of nitrogens with zero attached hydrogens (tertiary/aromatic N) is 6. The number of methoxy groups -OCH3 is 1. The molecule has 1 fully saturated rings. The molecule has 0 saturated carbocycles. The standard InChI is InChI=1S/C18H22N6O2.C2H6/c1-13-16(14-11-20-15(21-12-14)3-8-25-2)24-5-4-19-17(18(24)22-13)23-6-9-26-10-7-23;1-2/h4-5,11-12H,3,6-10H2,1-2H3;1-2H3. The number of hydrogen-bond acceptors (Lipinski definition) is 7. The van der Waals surface area contributed by atoms with Crippen LogP contribution in [-0.4, -0.2) is 64.4 Å². The fraction of sp³-hybridized carbons (Fsp3) is 0.500. The summed E-state index contributed by atoms with van der Waals surface area (Å²) in [5, 5.41) is 0. The first-order valence-electron chi connectivity index (χ1n) is 9.74. The first-order valence-corrected chi connectivity index (χ1v) is 9.74. The molecule has 1 saturated heterocycles. The van der Waals surface area contributed by atoms with Crippen LogP contribution < -0.4 is 4.90 Å². The number of morpholine rings is 1. The Morgan fingerprint density at radius 3 is 2.50 bits per heavy atom. The third-order valence-electron chi connectivity index (χ3n) is 4.52. The quantitative estimate of drug-likeness (QED) is 0.669. The van der Waals surface area contributed by atoms with Crippen molar-refractivity contribution in [3.8, 4) is 11.3 Å². The summed E-state index contributed by atoms with van der Waals surface area (Å²) >= 11 is 0. The molecular weight excluding hydrogens is 356 g/mol. The molecule has 0 radical (unpaired) electrons. The Kier molecular flexibility index (Phi) is 6.89. The molecule has 0 N–H and O–H groups in total. The number of aryl methyl sites for hydroxylation is 1. The number of anilines is 1. The van der Waals surface area contributed by atoms with E-state index in [9.17, 15) is 0 Å². The summed E-state index contributed by atoms with van der Waals surface area (Å²) in [6.45, 7) is 9.70. The van der Waals surface area contributed by atoms with Crippen LogP contribution in [0.3, 0.4) is 0 Å². The van der Waals surface area contributed by atoms with E-state index in [1.165, 1.54) is 0 Å². The second-order valence-corrected chi connectivity index (χ2v) is 6.22. The lowest BCUT2D eigenvalue weighted by molar-refractivity contribution is 0.122. The molecule has 8 heteroatoms. The number of ether oxygens (including phenoxy) is 2. The number of hydrogen-bond donors (Lipinski definition) is 0. The van der Waals surface area contributed by atoms with Gasteiger partial charge in [0.15, 0.2) is 11.5 Å². The van der Waals surface area contributed by atoms with Crippen LogP contribution in [0.2, 0.25) is 0 Å². The molecule has 28 heavy (non-hydrogen) atoms. The molecule has 0 bridgehead atoms. The van der Waals surface area contributed by atoms with E-state index < -0.39 is 0 Å². The van der Waals surface area contributed by atoms with Crippen LogP contribution in [0.15, 0.2) is 24.8 Å². The van der Waals surface area contributed by atoms with E-state index in [0.29, 0.717) is 26.2 Å². The van der Waals surface area contributed by atoms with Crippen molar-refractivity contribution in [2.45, 2.75) is 27.2 Å². The van der Waals surface area contributed by atoms with Crippen molar-refractivity contribution in [1.29, 1.82) is 0 Å². The van der Waals surface area contributed by atoms with Gasteiger partial charge in [0.1, 0.15) is 5.82 Å². The van der Waals surface area contributed by atoms with Crippen LogP contribution in [-0.2, 0) is 15.9 Å². The summed E-state index contributed by atoms with van der Waals surface area (Å²) in [4.78, 5) is 20.5. The number of aromatic nitrogens is 5. The van der Waals surface area contributed by atoms with Crippen molar-refractivity contribution in [3.05, 3.63) is 36.3 Å². The zero-order valence-corrected chi connectivity index (χ0v) is 17.1. The van der Waals surface area contributed by atoms with Gasteiger partial charge in [0, 0.05) is 57.0 Å². The van der Waals surface area contributed by atoms with Gasteiger partial charge in [-0.05, 0) is 6.92 Å². The van der Waals surface area contributed by atoms with Gasteiger partial charge in [0.25, 0.3) is 0 Å². The summed E-state index contributed by atoms with van der Waals surface area (Å²) in [7, 11) is 1.68. The fourth-order valence-electron chi connectivity index (χ4n) is 3.22. The molecule has 0 spiro atoms. The zero-order chi connectivity index (χ0) is 19.9. The number of imidazole rings is 1. The zero-order valence-electron chi connectivity index (χ0n) is 17.1. The van der Waals surface area contributed by atoms with Crippen molar-refractivity contribution in [1.82, 2.24) is 24.3 Å². The minimum Gasteiger partial charge on any atom is -0.384 e. The van der Waals surface area contributed by atoms with Crippen LogP contribution in [0, 0.1) is 6.92 Å². The molecule has 1 aliphatic heterocycles. The second-order valence-electron chi connectivity index (χ2n) is 6.22. The molecule has 4 rings (SSSR count). The summed E-state index contributed by atoms with van der Waals surface area (Å²) in [6.07, 6.45) is 8.16. The normalized spacial score (nSPS) is 14.1. The van der Waals surface area contributed by atoms with Crippen molar-refractivity contribution in [2.75, 3.05) is 44.9 Å². The van der Waals surface area contributed by atoms with Crippen molar-refractivity contribution in [3.63, 3.8) is 0 Å². The van der Waals surface area contributed by atoms with Gasteiger partial charge in [0.2, 0.25) is 0 Å². The Balaban J connectivity index is 0.00000109. The van der Waals surface area contributed by atoms with Crippen molar-refractivity contribution >= 4 is 11.5 Å². The third kappa shape index (κ3) is 4.13. The second kappa shape index (κ2) is 9.57. The molecule has 150 valence electrons. The van der Waals surface area contributed by atoms with E-state index in [0.717, 1.165) is 47.3 Å². The van der Waals surface area contributed by atoms with Crippen molar-refractivity contribution in [2.24, 2.45) is 0 Å². The number of rotatable bonds is 5. The Hall–Kier alpha value is -2.58. The minimum atomic E-state index is 0.614. The van der Waals surface area contributed by atoms with Crippen LogP contribution in [0.1, 0.15) is 25.4 Å². The van der Waals surface area contributed by atoms with Gasteiger partial charge in [-0.3, -0.25) is 4.40 Å². The van der Waals surface area contributed by atoms with Gasteiger partial charge in [0.05, 0.1) is 31.2 Å². The molecule has 0 aliphatic carbocycles. The van der Waals surface area contributed by atoms with E-state index >= 15 is 0 Å². The summed E-state index contributed by atoms with van der Waals surface area (Å²) in [6, 6.07) is 0. The first kappa shape index (κ1) is 20.2. The predicted octanol–water partition coefficient (Wildman–Crippen LogP) is 2.55. The van der Waals surface area contributed by atoms with E-state index in [1.807, 2.05) is 45.6 Å². The van der Waals surface area contributed by atoms with Crippen LogP contribution in [0.5, 0.6) is 0 Å². The highest BCUT2D eigenvalue weighted by Crippen LogP contribution is 2.28. The molecule has 0 aromatic carbocycles. The maximum Gasteiger partial charge on any atom is 0.181 e. The first-order chi connectivity index (χ1) is 13.8. The van der Waals surface area contributed by atoms with Crippen LogP contribution in [0.4, 0.5) is 5.82 Å². The van der Waals surface area contributed by atoms with Gasteiger partial charge in [-0.1, -0.05) is 13.8 Å². The number of fused-ring (bicyclic) bond motifs is 1. The molecule has 3 aromatic heterocycles. The molecule has 8 nitrogen and oxygen atoms in total. The smallest absolute Gasteiger partial charge is 0.181 e. The molecule has 1 aliphatic rings. The van der Waals surface area contributed by atoms with Crippen LogP contribution >= 0.6 is 0 Å². The van der Waals surface area contributed by atoms with E-state index in [1.54, 1.807) is 7.11 Å². The van der Waals surface area contributed by atoms with Gasteiger partial charge in [-0.15, -0.1) is 0 Å². The van der Waals surface area contributed by atoms with Gasteiger partial charge in [-0.2, -0.15) is 0 Å². The lowest BCUT2D eigenvalue weighted by Crippen LogP contribution is -2.37. The highest BCUT2D eigenvalue weighted by Gasteiger charge is 2.20. The molecule has 3 aromatic rings. The summed E-state index contributed by atoms with van der Waals surface area (Å²) in [5.74, 6) is 1.67. The highest BCUT2D eigenvalue weighted by atomic mass is 16.5. The molecule has 4 heterocycles. The monoisotopic (exact) mass is 384 g/mol. The summed E-state index contributed by atoms with van der Waals surface area (Å²) < 4.78 is 12.6. The Labute approximate surface area is 165 Å². The Bertz CT molecular complexity index is 888. The molecule has 0 amide bonds. The van der Waals surface area contributed by atoms with E-state index in [2.05, 4.69) is 24.3 Å². The molecular formula is C20H28N6O2.